The summed E-state index contributed by atoms with van der Waals surface area (Å²) in [6, 6.07) is 0.171. The standard InChI is InChI=1S/C4H7NO/c1-2-3-4(6)5-3/h2-6H,1H2. The normalized spacial score (nSPS) is 42.2. The molecule has 0 amide bonds. The second kappa shape index (κ2) is 1.06. The van der Waals surface area contributed by atoms with E-state index in [2.05, 4.69) is 11.9 Å². The Morgan fingerprint density at radius 1 is 1.83 bits per heavy atom. The average molecular weight is 85.1 g/mol. The fourth-order valence-electron chi connectivity index (χ4n) is 0.339. The van der Waals surface area contributed by atoms with Crippen LogP contribution in [0.3, 0.4) is 0 Å². The van der Waals surface area contributed by atoms with E-state index in [0.717, 1.165) is 0 Å². The summed E-state index contributed by atoms with van der Waals surface area (Å²) < 4.78 is 0. The Balaban J connectivity index is 2.25. The van der Waals surface area contributed by atoms with Gasteiger partial charge in [-0.15, -0.1) is 6.58 Å². The molecule has 0 radical (unpaired) electrons. The lowest BCUT2D eigenvalue weighted by Crippen LogP contribution is -1.83. The summed E-state index contributed by atoms with van der Waals surface area (Å²) in [7, 11) is 0. The van der Waals surface area contributed by atoms with Crippen molar-refractivity contribution < 1.29 is 5.11 Å². The molecule has 2 unspecified atom stereocenters. The Morgan fingerprint density at radius 2 is 2.33 bits per heavy atom. The molecule has 1 fully saturated rings. The highest BCUT2D eigenvalue weighted by Gasteiger charge is 2.29. The molecule has 0 aromatic rings. The van der Waals surface area contributed by atoms with Crippen molar-refractivity contribution in [3.63, 3.8) is 0 Å². The Hall–Kier alpha value is -0.340. The number of aliphatic hydroxyl groups excluding tert-OH is 1. The van der Waals surface area contributed by atoms with Crippen molar-refractivity contribution in [3.8, 4) is 0 Å². The van der Waals surface area contributed by atoms with Crippen LogP contribution in [-0.2, 0) is 0 Å². The van der Waals surface area contributed by atoms with Gasteiger partial charge in [0.25, 0.3) is 0 Å². The third-order valence-corrected chi connectivity index (χ3v) is 0.848. The molecular formula is C4H7NO. The van der Waals surface area contributed by atoms with Gasteiger partial charge < -0.3 is 5.11 Å². The summed E-state index contributed by atoms with van der Waals surface area (Å²) in [5.74, 6) is 0. The average Bonchev–Trinajstić information content (AvgIpc) is 2.19. The third kappa shape index (κ3) is 0.441. The van der Waals surface area contributed by atoms with Gasteiger partial charge in [-0.2, -0.15) is 0 Å². The fraction of sp³-hybridized carbons (Fsp3) is 0.500. The SMILES string of the molecule is C=CC1NC1O. The first-order chi connectivity index (χ1) is 2.84. The molecule has 34 valence electrons. The highest BCUT2D eigenvalue weighted by molar-refractivity contribution is 5.02. The molecule has 1 saturated heterocycles. The molecule has 1 aliphatic rings. The van der Waals surface area contributed by atoms with E-state index < -0.39 is 0 Å². The van der Waals surface area contributed by atoms with Crippen LogP contribution in [0.2, 0.25) is 0 Å². The molecule has 6 heavy (non-hydrogen) atoms. The minimum Gasteiger partial charge on any atom is -0.377 e. The predicted molar refractivity (Wildman–Crippen MR) is 23.1 cm³/mol. The van der Waals surface area contributed by atoms with Crippen molar-refractivity contribution in [2.45, 2.75) is 12.3 Å². The van der Waals surface area contributed by atoms with Gasteiger partial charge in [-0.1, -0.05) is 6.08 Å². The van der Waals surface area contributed by atoms with Crippen molar-refractivity contribution in [1.82, 2.24) is 5.32 Å². The van der Waals surface area contributed by atoms with Gasteiger partial charge in [0.2, 0.25) is 0 Å². The minimum absolute atomic E-state index is 0.171. The molecule has 1 heterocycles. The van der Waals surface area contributed by atoms with Crippen molar-refractivity contribution in [3.05, 3.63) is 12.7 Å². The lowest BCUT2D eigenvalue weighted by molar-refractivity contribution is 0.268. The number of hydrogen-bond acceptors (Lipinski definition) is 2. The van der Waals surface area contributed by atoms with Crippen LogP contribution in [0.25, 0.3) is 0 Å². The lowest BCUT2D eigenvalue weighted by atomic mass is 10.5. The molecular weight excluding hydrogens is 78.0 g/mol. The molecule has 2 nitrogen and oxygen atoms in total. The van der Waals surface area contributed by atoms with Gasteiger partial charge in [0.15, 0.2) is 0 Å². The second-order valence-corrected chi connectivity index (χ2v) is 1.37. The van der Waals surface area contributed by atoms with Crippen LogP contribution in [0.4, 0.5) is 0 Å². The van der Waals surface area contributed by atoms with Crippen LogP contribution in [0, 0.1) is 0 Å². The number of rotatable bonds is 1. The Bertz CT molecular complexity index is 71.9. The van der Waals surface area contributed by atoms with Gasteiger partial charge in [0.05, 0.1) is 6.04 Å². The highest BCUT2D eigenvalue weighted by atomic mass is 16.3. The van der Waals surface area contributed by atoms with Gasteiger partial charge in [-0.05, 0) is 0 Å². The van der Waals surface area contributed by atoms with E-state index in [1.165, 1.54) is 0 Å². The quantitative estimate of drug-likeness (QED) is 0.332. The van der Waals surface area contributed by atoms with E-state index in [1.54, 1.807) is 6.08 Å². The van der Waals surface area contributed by atoms with Crippen LogP contribution >= 0.6 is 0 Å². The summed E-state index contributed by atoms with van der Waals surface area (Å²) in [4.78, 5) is 0. The largest absolute Gasteiger partial charge is 0.377 e. The molecule has 0 aromatic carbocycles. The minimum atomic E-state index is -0.303. The van der Waals surface area contributed by atoms with Crippen molar-refractivity contribution in [2.75, 3.05) is 0 Å². The van der Waals surface area contributed by atoms with E-state index in [4.69, 9.17) is 5.11 Å². The molecule has 0 bridgehead atoms. The van der Waals surface area contributed by atoms with Gasteiger partial charge >= 0.3 is 0 Å². The highest BCUT2D eigenvalue weighted by Crippen LogP contribution is 2.05. The smallest absolute Gasteiger partial charge is 0.124 e. The molecule has 2 N–H and O–H groups in total. The Kier molecular flexibility index (Phi) is 0.680. The Labute approximate surface area is 36.5 Å². The number of aliphatic hydroxyl groups is 1. The summed E-state index contributed by atoms with van der Waals surface area (Å²) in [6.45, 7) is 3.45. The number of hydrogen-bond donors (Lipinski definition) is 2. The molecule has 0 saturated carbocycles. The molecule has 2 heteroatoms. The maximum atomic E-state index is 8.44. The van der Waals surface area contributed by atoms with Crippen LogP contribution in [0.1, 0.15) is 0 Å². The first-order valence-corrected chi connectivity index (χ1v) is 1.91. The van der Waals surface area contributed by atoms with Crippen LogP contribution in [-0.4, -0.2) is 17.4 Å². The van der Waals surface area contributed by atoms with Gasteiger partial charge in [-0.25, -0.2) is 0 Å². The summed E-state index contributed by atoms with van der Waals surface area (Å²) in [5, 5.41) is 11.2. The molecule has 0 aromatic heterocycles. The third-order valence-electron chi connectivity index (χ3n) is 0.848. The zero-order valence-electron chi connectivity index (χ0n) is 3.39. The molecule has 1 rings (SSSR count). The van der Waals surface area contributed by atoms with E-state index in [-0.39, 0.29) is 12.3 Å². The first-order valence-electron chi connectivity index (χ1n) is 1.91. The Morgan fingerprint density at radius 3 is 2.33 bits per heavy atom. The van der Waals surface area contributed by atoms with Crippen molar-refractivity contribution in [1.29, 1.82) is 0 Å². The molecule has 0 aliphatic carbocycles. The zero-order valence-corrected chi connectivity index (χ0v) is 3.39. The van der Waals surface area contributed by atoms with Crippen LogP contribution < -0.4 is 5.32 Å². The topological polar surface area (TPSA) is 42.2 Å². The molecule has 2 atom stereocenters. The van der Waals surface area contributed by atoms with Gasteiger partial charge in [0.1, 0.15) is 6.23 Å². The summed E-state index contributed by atoms with van der Waals surface area (Å²) in [5.41, 5.74) is 0. The maximum absolute atomic E-state index is 8.44. The zero-order chi connectivity index (χ0) is 4.57. The first kappa shape index (κ1) is 3.84. The molecule has 1 aliphatic heterocycles. The number of nitrogens with one attached hydrogen (secondary N) is 1. The van der Waals surface area contributed by atoms with Crippen LogP contribution in [0.5, 0.6) is 0 Å². The van der Waals surface area contributed by atoms with Gasteiger partial charge in [-0.3, -0.25) is 5.32 Å². The summed E-state index contributed by atoms with van der Waals surface area (Å²) >= 11 is 0. The molecule has 0 spiro atoms. The lowest BCUT2D eigenvalue weighted by Gasteiger charge is -1.68. The van der Waals surface area contributed by atoms with E-state index in [9.17, 15) is 0 Å². The van der Waals surface area contributed by atoms with E-state index in [0.29, 0.717) is 0 Å². The van der Waals surface area contributed by atoms with E-state index in [1.807, 2.05) is 0 Å². The summed E-state index contributed by atoms with van der Waals surface area (Å²) in [6.07, 6.45) is 1.38. The predicted octanol–water partition coefficient (Wildman–Crippen LogP) is -0.537. The fourth-order valence-corrected chi connectivity index (χ4v) is 0.339. The van der Waals surface area contributed by atoms with Crippen LogP contribution in [0.15, 0.2) is 12.7 Å². The monoisotopic (exact) mass is 85.1 g/mol. The maximum Gasteiger partial charge on any atom is 0.124 e. The van der Waals surface area contributed by atoms with Gasteiger partial charge in [0, 0.05) is 0 Å². The van der Waals surface area contributed by atoms with Crippen molar-refractivity contribution in [2.24, 2.45) is 0 Å². The van der Waals surface area contributed by atoms with E-state index >= 15 is 0 Å². The van der Waals surface area contributed by atoms with Crippen molar-refractivity contribution >= 4 is 0 Å². The second-order valence-electron chi connectivity index (χ2n) is 1.37.